The molecule has 8 heteroatoms. The molecule has 8 nitrogen and oxygen atoms in total. The molecule has 1 aliphatic carbocycles. The van der Waals surface area contributed by atoms with Crippen molar-refractivity contribution < 1.29 is 28.5 Å². The number of methoxy groups -OCH3 is 3. The molecule has 2 aromatic carbocycles. The Bertz CT molecular complexity index is 1370. The van der Waals surface area contributed by atoms with E-state index in [1.54, 1.807) is 38.5 Å². The fourth-order valence-corrected chi connectivity index (χ4v) is 7.02. The van der Waals surface area contributed by atoms with Gasteiger partial charge in [0.25, 0.3) is 0 Å². The van der Waals surface area contributed by atoms with Crippen LogP contribution in [0.2, 0.25) is 0 Å². The number of aromatic nitrogens is 1. The number of piperidine rings is 1. The maximum Gasteiger partial charge on any atom is 0.338 e. The molecule has 0 spiro atoms. The highest BCUT2D eigenvalue weighted by atomic mass is 16.5. The van der Waals surface area contributed by atoms with Crippen LogP contribution in [0.4, 0.5) is 0 Å². The number of H-pyrrole nitrogens is 1. The van der Waals surface area contributed by atoms with E-state index in [0.717, 1.165) is 43.6 Å². The second kappa shape index (κ2) is 9.98. The van der Waals surface area contributed by atoms with Crippen molar-refractivity contribution in [2.24, 2.45) is 17.8 Å². The van der Waals surface area contributed by atoms with Gasteiger partial charge in [0.1, 0.15) is 17.6 Å². The lowest BCUT2D eigenvalue weighted by atomic mass is 9.65. The summed E-state index contributed by atoms with van der Waals surface area (Å²) in [7, 11) is 4.70. The molecule has 1 aromatic heterocycles. The molecular weight excluding hydrogens is 484 g/mol. The van der Waals surface area contributed by atoms with Crippen molar-refractivity contribution in [2.45, 2.75) is 37.8 Å². The predicted molar refractivity (Wildman–Crippen MR) is 141 cm³/mol. The van der Waals surface area contributed by atoms with Crippen LogP contribution in [0.25, 0.3) is 10.9 Å². The fourth-order valence-electron chi connectivity index (χ4n) is 7.02. The lowest BCUT2D eigenvalue weighted by Gasteiger charge is -2.51. The SMILES string of the molecule is COC(=O)[C@@H]1C[C@H](OC(=O)c2cccc(OC)c2)C[C@@H]2CN3CCc4c([nH]c5cc(OC)ccc45)[C@H]3C[C@@H]21. The first-order valence-electron chi connectivity index (χ1n) is 13.3. The summed E-state index contributed by atoms with van der Waals surface area (Å²) in [4.78, 5) is 32.2. The van der Waals surface area contributed by atoms with Crippen LogP contribution in [0, 0.1) is 17.8 Å². The number of esters is 2. The number of hydrogen-bond donors (Lipinski definition) is 1. The van der Waals surface area contributed by atoms with Crippen LogP contribution in [0.1, 0.15) is 46.9 Å². The van der Waals surface area contributed by atoms with E-state index in [4.69, 9.17) is 18.9 Å². The Kier molecular flexibility index (Phi) is 6.51. The number of benzene rings is 2. The van der Waals surface area contributed by atoms with Gasteiger partial charge >= 0.3 is 11.9 Å². The summed E-state index contributed by atoms with van der Waals surface area (Å²) in [6, 6.07) is 13.4. The number of aromatic amines is 1. The van der Waals surface area contributed by atoms with Gasteiger partial charge < -0.3 is 23.9 Å². The van der Waals surface area contributed by atoms with Gasteiger partial charge in [-0.2, -0.15) is 0 Å². The zero-order valence-electron chi connectivity index (χ0n) is 22.1. The van der Waals surface area contributed by atoms with Crippen molar-refractivity contribution in [3.05, 3.63) is 59.3 Å². The number of nitrogens with zero attached hydrogens (tertiary/aromatic N) is 1. The molecule has 2 aliphatic heterocycles. The molecule has 0 unspecified atom stereocenters. The first kappa shape index (κ1) is 24.8. The van der Waals surface area contributed by atoms with Gasteiger partial charge in [-0.05, 0) is 73.4 Å². The van der Waals surface area contributed by atoms with Crippen LogP contribution in [-0.2, 0) is 20.7 Å². The Morgan fingerprint density at radius 2 is 1.79 bits per heavy atom. The number of ether oxygens (including phenoxy) is 4. The van der Waals surface area contributed by atoms with E-state index < -0.39 is 0 Å². The molecule has 5 atom stereocenters. The highest BCUT2D eigenvalue weighted by Crippen LogP contribution is 2.50. The topological polar surface area (TPSA) is 90.1 Å². The summed E-state index contributed by atoms with van der Waals surface area (Å²) in [5.74, 6) is 0.950. The first-order valence-corrected chi connectivity index (χ1v) is 13.3. The number of rotatable bonds is 5. The van der Waals surface area contributed by atoms with E-state index >= 15 is 0 Å². The highest BCUT2D eigenvalue weighted by molar-refractivity contribution is 5.90. The lowest BCUT2D eigenvalue weighted by Crippen LogP contribution is -2.52. The standard InChI is InChI=1S/C30H34N2O6/c1-35-19-6-4-5-17(11-19)29(33)38-21-12-18-16-32-10-9-23-22-8-7-20(36-2)14-26(22)31-28(23)27(32)15-24(18)25(13-21)30(34)37-3/h4-8,11,14,18,21,24-25,27,31H,9-10,12-13,15-16H2,1-3H3/t18-,21-,24+,25-,27-/m1/s1. The molecule has 3 aliphatic rings. The average molecular weight is 519 g/mol. The number of hydrogen-bond acceptors (Lipinski definition) is 7. The van der Waals surface area contributed by atoms with E-state index in [2.05, 4.69) is 22.0 Å². The monoisotopic (exact) mass is 518 g/mol. The molecule has 3 aromatic rings. The van der Waals surface area contributed by atoms with Crippen LogP contribution in [-0.4, -0.2) is 62.3 Å². The molecule has 6 rings (SSSR count). The van der Waals surface area contributed by atoms with Gasteiger partial charge in [0, 0.05) is 35.8 Å². The summed E-state index contributed by atoms with van der Waals surface area (Å²) < 4.78 is 21.9. The third-order valence-corrected chi connectivity index (χ3v) is 8.82. The number of carbonyl (C=O) groups is 2. The van der Waals surface area contributed by atoms with Gasteiger partial charge in [-0.3, -0.25) is 9.69 Å². The minimum Gasteiger partial charge on any atom is -0.497 e. The van der Waals surface area contributed by atoms with E-state index in [1.807, 2.05) is 6.07 Å². The summed E-state index contributed by atoms with van der Waals surface area (Å²) in [6.45, 7) is 1.84. The van der Waals surface area contributed by atoms with Crippen LogP contribution >= 0.6 is 0 Å². The normalized spacial score (nSPS) is 26.6. The minimum absolute atomic E-state index is 0.169. The molecule has 38 heavy (non-hydrogen) atoms. The maximum atomic E-state index is 13.0. The van der Waals surface area contributed by atoms with Crippen LogP contribution < -0.4 is 9.47 Å². The summed E-state index contributed by atoms with van der Waals surface area (Å²) in [5.41, 5.74) is 4.17. The molecule has 1 N–H and O–H groups in total. The lowest BCUT2D eigenvalue weighted by molar-refractivity contribution is -0.155. The molecule has 200 valence electrons. The molecule has 3 heterocycles. The third kappa shape index (κ3) is 4.30. The molecule has 1 saturated heterocycles. The molecule has 1 saturated carbocycles. The Labute approximate surface area is 222 Å². The van der Waals surface area contributed by atoms with Crippen LogP contribution in [0.3, 0.4) is 0 Å². The molecule has 2 fully saturated rings. The summed E-state index contributed by atoms with van der Waals surface area (Å²) >= 11 is 0. The molecule has 0 radical (unpaired) electrons. The Hall–Kier alpha value is -3.52. The zero-order chi connectivity index (χ0) is 26.4. The summed E-state index contributed by atoms with van der Waals surface area (Å²) in [5, 5.41) is 1.25. The third-order valence-electron chi connectivity index (χ3n) is 8.82. The van der Waals surface area contributed by atoms with Crippen molar-refractivity contribution in [1.82, 2.24) is 9.88 Å². The number of fused-ring (bicyclic) bond motifs is 6. The van der Waals surface area contributed by atoms with E-state index in [9.17, 15) is 9.59 Å². The zero-order valence-corrected chi connectivity index (χ0v) is 22.1. The van der Waals surface area contributed by atoms with Gasteiger partial charge in [-0.15, -0.1) is 0 Å². The Morgan fingerprint density at radius 3 is 2.58 bits per heavy atom. The first-order chi connectivity index (χ1) is 18.5. The highest BCUT2D eigenvalue weighted by Gasteiger charge is 2.49. The van der Waals surface area contributed by atoms with Crippen molar-refractivity contribution in [2.75, 3.05) is 34.4 Å². The van der Waals surface area contributed by atoms with Crippen molar-refractivity contribution in [1.29, 1.82) is 0 Å². The molecular formula is C30H34N2O6. The van der Waals surface area contributed by atoms with Crippen LogP contribution in [0.15, 0.2) is 42.5 Å². The van der Waals surface area contributed by atoms with Gasteiger partial charge in [0.2, 0.25) is 0 Å². The van der Waals surface area contributed by atoms with Crippen molar-refractivity contribution in [3.63, 3.8) is 0 Å². The molecule has 0 amide bonds. The van der Waals surface area contributed by atoms with Gasteiger partial charge in [-0.1, -0.05) is 6.07 Å². The maximum absolute atomic E-state index is 13.0. The van der Waals surface area contributed by atoms with E-state index in [1.165, 1.54) is 23.8 Å². The largest absolute Gasteiger partial charge is 0.497 e. The van der Waals surface area contributed by atoms with Crippen LogP contribution in [0.5, 0.6) is 11.5 Å². The summed E-state index contributed by atoms with van der Waals surface area (Å²) in [6.07, 6.45) is 2.74. The van der Waals surface area contributed by atoms with Gasteiger partial charge in [0.05, 0.1) is 38.9 Å². The van der Waals surface area contributed by atoms with Gasteiger partial charge in [-0.25, -0.2) is 4.79 Å². The average Bonchev–Trinajstić information content (AvgIpc) is 3.33. The Balaban J connectivity index is 1.24. The van der Waals surface area contributed by atoms with Gasteiger partial charge in [0.15, 0.2) is 0 Å². The second-order valence-electron chi connectivity index (χ2n) is 10.7. The number of nitrogens with one attached hydrogen (secondary N) is 1. The smallest absolute Gasteiger partial charge is 0.338 e. The predicted octanol–water partition coefficient (Wildman–Crippen LogP) is 4.53. The van der Waals surface area contributed by atoms with Crippen molar-refractivity contribution >= 4 is 22.8 Å². The molecule has 0 bridgehead atoms. The fraction of sp³-hybridized carbons (Fsp3) is 0.467. The minimum atomic E-state index is -0.388. The van der Waals surface area contributed by atoms with E-state index in [0.29, 0.717) is 17.7 Å². The quantitative estimate of drug-likeness (QED) is 0.497. The van der Waals surface area contributed by atoms with E-state index in [-0.39, 0.29) is 41.8 Å². The van der Waals surface area contributed by atoms with Crippen molar-refractivity contribution in [3.8, 4) is 11.5 Å². The number of carbonyl (C=O) groups excluding carboxylic acids is 2. The second-order valence-corrected chi connectivity index (χ2v) is 10.7. The Morgan fingerprint density at radius 1 is 0.974 bits per heavy atom.